The van der Waals surface area contributed by atoms with Crippen molar-refractivity contribution in [2.75, 3.05) is 0 Å². The maximum absolute atomic E-state index is 5.67. The molecule has 90 valence electrons. The van der Waals surface area contributed by atoms with E-state index >= 15 is 0 Å². The third-order valence-corrected chi connectivity index (χ3v) is 2.75. The lowest BCUT2D eigenvalue weighted by Gasteiger charge is -1.98. The molecule has 0 saturated heterocycles. The summed E-state index contributed by atoms with van der Waals surface area (Å²) in [5.74, 6) is 1.30. The highest BCUT2D eigenvalue weighted by Crippen LogP contribution is 2.14. The minimum absolute atomic E-state index is 0.0363. The third-order valence-electron chi connectivity index (χ3n) is 2.26. The number of nitrogens with two attached hydrogens (primary N) is 1. The number of hydrogen-bond acceptors (Lipinski definition) is 4. The molecule has 0 aliphatic heterocycles. The van der Waals surface area contributed by atoms with Gasteiger partial charge >= 0.3 is 0 Å². The lowest BCUT2D eigenvalue weighted by molar-refractivity contribution is 0.367. The first kappa shape index (κ1) is 12.3. The van der Waals surface area contributed by atoms with Gasteiger partial charge < -0.3 is 10.3 Å². The van der Waals surface area contributed by atoms with Crippen molar-refractivity contribution in [3.05, 3.63) is 46.0 Å². The molecule has 17 heavy (non-hydrogen) atoms. The molecule has 0 fully saturated rings. The lowest BCUT2D eigenvalue weighted by Crippen LogP contribution is -2.17. The molecule has 0 spiro atoms. The molecule has 0 saturated carbocycles. The van der Waals surface area contributed by atoms with Gasteiger partial charge in [-0.05, 0) is 24.6 Å². The Balaban J connectivity index is 2.06. The number of rotatable bonds is 4. The van der Waals surface area contributed by atoms with Crippen LogP contribution in [0.2, 0.25) is 0 Å². The van der Waals surface area contributed by atoms with Crippen LogP contribution in [0.25, 0.3) is 0 Å². The van der Waals surface area contributed by atoms with Crippen molar-refractivity contribution >= 4 is 15.9 Å². The van der Waals surface area contributed by atoms with Gasteiger partial charge in [-0.1, -0.05) is 33.2 Å². The molecule has 1 aromatic carbocycles. The highest BCUT2D eigenvalue weighted by molar-refractivity contribution is 9.10. The zero-order valence-electron chi connectivity index (χ0n) is 9.56. The number of hydrogen-bond donors (Lipinski definition) is 1. The van der Waals surface area contributed by atoms with Crippen LogP contribution in [0.1, 0.15) is 24.2 Å². The Kier molecular flexibility index (Phi) is 3.91. The standard InChI is InChI=1S/C12H14BrN3O/c1-8(14)5-12-15-11(16-17-12)7-9-3-2-4-10(13)6-9/h2-4,6,8H,5,7,14H2,1H3. The van der Waals surface area contributed by atoms with Crippen LogP contribution in [0.4, 0.5) is 0 Å². The summed E-state index contributed by atoms with van der Waals surface area (Å²) in [6.45, 7) is 1.91. The molecule has 2 rings (SSSR count). The van der Waals surface area contributed by atoms with Crippen molar-refractivity contribution in [2.24, 2.45) is 5.73 Å². The van der Waals surface area contributed by atoms with E-state index in [2.05, 4.69) is 26.1 Å². The van der Waals surface area contributed by atoms with Gasteiger partial charge in [0.05, 0.1) is 0 Å². The van der Waals surface area contributed by atoms with Crippen molar-refractivity contribution in [1.29, 1.82) is 0 Å². The Bertz CT molecular complexity index is 496. The van der Waals surface area contributed by atoms with Crippen LogP contribution in [0.3, 0.4) is 0 Å². The third kappa shape index (κ3) is 3.64. The van der Waals surface area contributed by atoms with Crippen LogP contribution in [-0.2, 0) is 12.8 Å². The number of aromatic nitrogens is 2. The van der Waals surface area contributed by atoms with Crippen molar-refractivity contribution in [3.63, 3.8) is 0 Å². The average molecular weight is 296 g/mol. The van der Waals surface area contributed by atoms with Gasteiger partial charge in [0.25, 0.3) is 0 Å². The number of nitrogens with zero attached hydrogens (tertiary/aromatic N) is 2. The van der Waals surface area contributed by atoms with Crippen LogP contribution in [0, 0.1) is 0 Å². The van der Waals surface area contributed by atoms with Gasteiger partial charge in [0, 0.05) is 23.4 Å². The predicted molar refractivity (Wildman–Crippen MR) is 68.6 cm³/mol. The quantitative estimate of drug-likeness (QED) is 0.940. The second-order valence-corrected chi connectivity index (χ2v) is 5.01. The van der Waals surface area contributed by atoms with Crippen LogP contribution < -0.4 is 5.73 Å². The molecule has 0 aliphatic rings. The van der Waals surface area contributed by atoms with Gasteiger partial charge in [-0.2, -0.15) is 4.98 Å². The van der Waals surface area contributed by atoms with Crippen LogP contribution >= 0.6 is 15.9 Å². The largest absolute Gasteiger partial charge is 0.339 e. The molecule has 0 radical (unpaired) electrons. The molecule has 1 aromatic heterocycles. The van der Waals surface area contributed by atoms with Crippen molar-refractivity contribution in [3.8, 4) is 0 Å². The van der Waals surface area contributed by atoms with Crippen molar-refractivity contribution < 1.29 is 4.52 Å². The molecular formula is C12H14BrN3O. The minimum Gasteiger partial charge on any atom is -0.339 e. The van der Waals surface area contributed by atoms with E-state index in [0.717, 1.165) is 10.0 Å². The Morgan fingerprint density at radius 2 is 2.29 bits per heavy atom. The van der Waals surface area contributed by atoms with Crippen LogP contribution in [0.5, 0.6) is 0 Å². The van der Waals surface area contributed by atoms with E-state index in [1.807, 2.05) is 31.2 Å². The summed E-state index contributed by atoms with van der Waals surface area (Å²) in [6.07, 6.45) is 1.29. The molecule has 2 N–H and O–H groups in total. The first-order chi connectivity index (χ1) is 8.13. The fourth-order valence-electron chi connectivity index (χ4n) is 1.55. The maximum Gasteiger partial charge on any atom is 0.228 e. The van der Waals surface area contributed by atoms with E-state index in [1.54, 1.807) is 0 Å². The van der Waals surface area contributed by atoms with Gasteiger partial charge in [0.15, 0.2) is 5.82 Å². The summed E-state index contributed by atoms with van der Waals surface area (Å²) >= 11 is 3.43. The SMILES string of the molecule is CC(N)Cc1nc(Cc2cccc(Br)c2)no1. The first-order valence-electron chi connectivity index (χ1n) is 5.45. The second-order valence-electron chi connectivity index (χ2n) is 4.09. The monoisotopic (exact) mass is 295 g/mol. The van der Waals surface area contributed by atoms with Crippen molar-refractivity contribution in [1.82, 2.24) is 10.1 Å². The van der Waals surface area contributed by atoms with Crippen LogP contribution in [0.15, 0.2) is 33.3 Å². The highest BCUT2D eigenvalue weighted by atomic mass is 79.9. The Hall–Kier alpha value is -1.20. The van der Waals surface area contributed by atoms with Gasteiger partial charge in [0.2, 0.25) is 5.89 Å². The van der Waals surface area contributed by atoms with Gasteiger partial charge in [0.1, 0.15) is 0 Å². The van der Waals surface area contributed by atoms with Crippen LogP contribution in [-0.4, -0.2) is 16.2 Å². The fourth-order valence-corrected chi connectivity index (χ4v) is 2.00. The predicted octanol–water partition coefficient (Wildman–Crippen LogP) is 2.31. The molecule has 0 bridgehead atoms. The summed E-state index contributed by atoms with van der Waals surface area (Å²) in [6, 6.07) is 8.09. The molecule has 0 aliphatic carbocycles. The summed E-state index contributed by atoms with van der Waals surface area (Å²) in [4.78, 5) is 4.30. The highest BCUT2D eigenvalue weighted by Gasteiger charge is 2.08. The van der Waals surface area contributed by atoms with E-state index in [0.29, 0.717) is 24.6 Å². The zero-order valence-corrected chi connectivity index (χ0v) is 11.1. The number of benzene rings is 1. The molecular weight excluding hydrogens is 282 g/mol. The Labute approximate surface area is 108 Å². The molecule has 4 nitrogen and oxygen atoms in total. The summed E-state index contributed by atoms with van der Waals surface area (Å²) in [7, 11) is 0. The average Bonchev–Trinajstić information content (AvgIpc) is 2.64. The van der Waals surface area contributed by atoms with Gasteiger partial charge in [-0.15, -0.1) is 0 Å². The Morgan fingerprint density at radius 3 is 3.00 bits per heavy atom. The molecule has 1 atom stereocenters. The van der Waals surface area contributed by atoms with Gasteiger partial charge in [-0.3, -0.25) is 0 Å². The molecule has 0 amide bonds. The zero-order chi connectivity index (χ0) is 12.3. The van der Waals surface area contributed by atoms with E-state index in [9.17, 15) is 0 Å². The summed E-state index contributed by atoms with van der Waals surface area (Å²) < 4.78 is 6.18. The maximum atomic E-state index is 5.67. The van der Waals surface area contributed by atoms with E-state index in [4.69, 9.17) is 10.3 Å². The van der Waals surface area contributed by atoms with E-state index in [-0.39, 0.29) is 6.04 Å². The normalized spacial score (nSPS) is 12.6. The topological polar surface area (TPSA) is 64.9 Å². The molecule has 5 heteroatoms. The Morgan fingerprint density at radius 1 is 1.47 bits per heavy atom. The van der Waals surface area contributed by atoms with E-state index < -0.39 is 0 Å². The van der Waals surface area contributed by atoms with Crippen molar-refractivity contribution in [2.45, 2.75) is 25.8 Å². The minimum atomic E-state index is 0.0363. The molecule has 2 aromatic rings. The van der Waals surface area contributed by atoms with E-state index in [1.165, 1.54) is 0 Å². The summed E-state index contributed by atoms with van der Waals surface area (Å²) in [5, 5.41) is 3.94. The fraction of sp³-hybridized carbons (Fsp3) is 0.333. The number of halogens is 1. The smallest absolute Gasteiger partial charge is 0.228 e. The molecule has 1 heterocycles. The summed E-state index contributed by atoms with van der Waals surface area (Å²) in [5.41, 5.74) is 6.82. The lowest BCUT2D eigenvalue weighted by atomic mass is 10.1. The first-order valence-corrected chi connectivity index (χ1v) is 6.24. The van der Waals surface area contributed by atoms with Gasteiger partial charge in [-0.25, -0.2) is 0 Å². The molecule has 1 unspecified atom stereocenters. The second kappa shape index (κ2) is 5.42.